The van der Waals surface area contributed by atoms with Gasteiger partial charge in [0.2, 0.25) is 0 Å². The van der Waals surface area contributed by atoms with Crippen molar-refractivity contribution in [2.24, 2.45) is 0 Å². The van der Waals surface area contributed by atoms with E-state index in [1.54, 1.807) is 0 Å². The highest BCUT2D eigenvalue weighted by Gasteiger charge is 2.25. The molecule has 0 bridgehead atoms. The van der Waals surface area contributed by atoms with Gasteiger partial charge in [0, 0.05) is 16.7 Å². The van der Waals surface area contributed by atoms with Crippen LogP contribution in [0.5, 0.6) is 0 Å². The average Bonchev–Trinajstić information content (AvgIpc) is 3.26. The van der Waals surface area contributed by atoms with Crippen LogP contribution < -0.4 is 17.0 Å². The van der Waals surface area contributed by atoms with Gasteiger partial charge in [-0.25, -0.2) is 4.57 Å². The van der Waals surface area contributed by atoms with E-state index in [9.17, 15) is 0 Å². The number of hydrogen-bond donors (Lipinski definition) is 0. The predicted octanol–water partition coefficient (Wildman–Crippen LogP) is 6.50. The first kappa shape index (κ1) is 29.0. The standard InChI is InChI=1S/C34H45N2.ClH/c1-21(2)26-17-30(24(7)8)33(31(18-26)25(9)10)32-16-11-13-27-19-35(20-36(27)32)34-28(22(3)4)14-12-15-29(34)23(5)6;/h11-25H,1-10H3;1H/q+1;/p-1. The van der Waals surface area contributed by atoms with Crippen molar-refractivity contribution >= 4 is 5.52 Å². The quantitative estimate of drug-likeness (QED) is 0.248. The summed E-state index contributed by atoms with van der Waals surface area (Å²) in [6, 6.07) is 18.5. The summed E-state index contributed by atoms with van der Waals surface area (Å²) in [6.07, 6.45) is 4.62. The monoisotopic (exact) mass is 516 g/mol. The summed E-state index contributed by atoms with van der Waals surface area (Å²) in [4.78, 5) is 0. The summed E-state index contributed by atoms with van der Waals surface area (Å²) in [5.41, 5.74) is 12.4. The molecule has 0 fully saturated rings. The number of aromatic nitrogens is 2. The first-order valence-electron chi connectivity index (χ1n) is 13.8. The second-order valence-corrected chi connectivity index (χ2v) is 12.0. The Morgan fingerprint density at radius 2 is 1.08 bits per heavy atom. The fourth-order valence-corrected chi connectivity index (χ4v) is 5.46. The Hall–Kier alpha value is -2.58. The minimum atomic E-state index is 0. The van der Waals surface area contributed by atoms with Crippen molar-refractivity contribution in [1.29, 1.82) is 0 Å². The number of para-hydroxylation sites is 1. The van der Waals surface area contributed by atoms with Crippen LogP contribution in [0.15, 0.2) is 61.1 Å². The van der Waals surface area contributed by atoms with Crippen molar-refractivity contribution in [1.82, 2.24) is 4.40 Å². The van der Waals surface area contributed by atoms with Crippen LogP contribution in [0.1, 0.15) is 127 Å². The molecule has 0 aliphatic rings. The normalized spacial score (nSPS) is 12.0. The van der Waals surface area contributed by atoms with Gasteiger partial charge >= 0.3 is 0 Å². The third-order valence-electron chi connectivity index (χ3n) is 7.56. The van der Waals surface area contributed by atoms with Gasteiger partial charge in [-0.1, -0.05) is 106 Å². The number of benzene rings is 2. The molecule has 3 heteroatoms. The number of fused-ring (bicyclic) bond motifs is 1. The molecule has 0 radical (unpaired) electrons. The van der Waals surface area contributed by atoms with Gasteiger partial charge < -0.3 is 12.4 Å². The molecule has 198 valence electrons. The van der Waals surface area contributed by atoms with Crippen molar-refractivity contribution in [2.75, 3.05) is 0 Å². The minimum Gasteiger partial charge on any atom is -1.00 e. The van der Waals surface area contributed by atoms with Crippen molar-refractivity contribution < 1.29 is 17.0 Å². The Morgan fingerprint density at radius 3 is 1.54 bits per heavy atom. The molecule has 0 amide bonds. The molecule has 2 aromatic heterocycles. The summed E-state index contributed by atoms with van der Waals surface area (Å²) >= 11 is 0. The maximum Gasteiger partial charge on any atom is 0.254 e. The van der Waals surface area contributed by atoms with Gasteiger partial charge in [-0.2, -0.15) is 4.40 Å². The number of pyridine rings is 1. The van der Waals surface area contributed by atoms with Crippen LogP contribution in [-0.2, 0) is 0 Å². The zero-order chi connectivity index (χ0) is 26.3. The Morgan fingerprint density at radius 1 is 0.595 bits per heavy atom. The van der Waals surface area contributed by atoms with Crippen LogP contribution in [0.2, 0.25) is 0 Å². The molecular formula is C34H45ClN2. The minimum absolute atomic E-state index is 0. The number of imidazole rings is 1. The molecule has 0 saturated carbocycles. The Labute approximate surface area is 231 Å². The van der Waals surface area contributed by atoms with Crippen LogP contribution >= 0.6 is 0 Å². The fraction of sp³-hybridized carbons (Fsp3) is 0.441. The molecule has 4 aromatic rings. The van der Waals surface area contributed by atoms with Gasteiger partial charge in [-0.15, -0.1) is 0 Å². The lowest BCUT2D eigenvalue weighted by Gasteiger charge is -2.22. The lowest BCUT2D eigenvalue weighted by molar-refractivity contribution is -0.595. The average molecular weight is 517 g/mol. The smallest absolute Gasteiger partial charge is 0.254 e. The highest BCUT2D eigenvalue weighted by molar-refractivity contribution is 5.73. The van der Waals surface area contributed by atoms with Crippen molar-refractivity contribution in [3.63, 3.8) is 0 Å². The molecule has 0 spiro atoms. The van der Waals surface area contributed by atoms with Crippen LogP contribution in [0, 0.1) is 0 Å². The third-order valence-corrected chi connectivity index (χ3v) is 7.56. The van der Waals surface area contributed by atoms with E-state index in [0.29, 0.717) is 29.6 Å². The number of halogens is 1. The second kappa shape index (κ2) is 11.4. The Kier molecular flexibility index (Phi) is 8.96. The Balaban J connectivity index is 0.00000380. The molecule has 0 unspecified atom stereocenters. The predicted molar refractivity (Wildman–Crippen MR) is 155 cm³/mol. The third kappa shape index (κ3) is 5.50. The zero-order valence-corrected chi connectivity index (χ0v) is 25.2. The van der Waals surface area contributed by atoms with E-state index in [2.05, 4.69) is 139 Å². The molecule has 0 aliphatic carbocycles. The molecule has 0 aliphatic heterocycles. The van der Waals surface area contributed by atoms with Gasteiger partial charge in [0.1, 0.15) is 17.6 Å². The molecule has 2 nitrogen and oxygen atoms in total. The lowest BCUT2D eigenvalue weighted by atomic mass is 9.83. The van der Waals surface area contributed by atoms with E-state index < -0.39 is 0 Å². The lowest BCUT2D eigenvalue weighted by Crippen LogP contribution is -3.00. The first-order chi connectivity index (χ1) is 17.0. The van der Waals surface area contributed by atoms with Crippen molar-refractivity contribution in [3.8, 4) is 16.9 Å². The Bertz CT molecular complexity index is 1320. The number of nitrogens with zero attached hydrogens (tertiary/aromatic N) is 2. The van der Waals surface area contributed by atoms with Crippen molar-refractivity contribution in [3.05, 3.63) is 88.9 Å². The van der Waals surface area contributed by atoms with Crippen LogP contribution in [0.3, 0.4) is 0 Å². The van der Waals surface area contributed by atoms with Gasteiger partial charge in [0.05, 0.1) is 0 Å². The molecule has 0 N–H and O–H groups in total. The zero-order valence-electron chi connectivity index (χ0n) is 24.4. The highest BCUT2D eigenvalue weighted by Crippen LogP contribution is 2.39. The molecule has 0 atom stereocenters. The van der Waals surface area contributed by atoms with E-state index >= 15 is 0 Å². The molecule has 37 heavy (non-hydrogen) atoms. The van der Waals surface area contributed by atoms with Gasteiger partial charge in [0.25, 0.3) is 6.33 Å². The summed E-state index contributed by atoms with van der Waals surface area (Å²) < 4.78 is 4.78. The van der Waals surface area contributed by atoms with E-state index in [1.165, 1.54) is 50.3 Å². The SMILES string of the molecule is CC(C)c1cc(C(C)C)c(-c2cccc3c[n+](-c4c(C(C)C)cccc4C(C)C)cn23)c(C(C)C)c1.[Cl-]. The number of rotatable bonds is 7. The summed E-state index contributed by atoms with van der Waals surface area (Å²) in [7, 11) is 0. The maximum absolute atomic E-state index is 2.46. The molecular weight excluding hydrogens is 472 g/mol. The summed E-state index contributed by atoms with van der Waals surface area (Å²) in [5, 5.41) is 0. The first-order valence-corrected chi connectivity index (χ1v) is 13.8. The molecule has 2 aromatic carbocycles. The van der Waals surface area contributed by atoms with Crippen LogP contribution in [-0.4, -0.2) is 4.40 Å². The fourth-order valence-electron chi connectivity index (χ4n) is 5.46. The second-order valence-electron chi connectivity index (χ2n) is 12.0. The molecule has 2 heterocycles. The maximum atomic E-state index is 2.46. The van der Waals surface area contributed by atoms with Gasteiger partial charge in [0.15, 0.2) is 5.52 Å². The van der Waals surface area contributed by atoms with Crippen LogP contribution in [0.4, 0.5) is 0 Å². The van der Waals surface area contributed by atoms with E-state index in [1.807, 2.05) is 0 Å². The summed E-state index contributed by atoms with van der Waals surface area (Å²) in [6.45, 7) is 23.1. The topological polar surface area (TPSA) is 8.29 Å². The molecule has 4 rings (SSSR count). The van der Waals surface area contributed by atoms with Gasteiger partial charge in [-0.3, -0.25) is 0 Å². The largest absolute Gasteiger partial charge is 1.00 e. The van der Waals surface area contributed by atoms with Crippen molar-refractivity contribution in [2.45, 2.75) is 98.8 Å². The number of hydrogen-bond acceptors (Lipinski definition) is 0. The van der Waals surface area contributed by atoms with E-state index in [-0.39, 0.29) is 12.4 Å². The van der Waals surface area contributed by atoms with Crippen LogP contribution in [0.25, 0.3) is 22.5 Å². The summed E-state index contributed by atoms with van der Waals surface area (Å²) in [5.74, 6) is 2.32. The van der Waals surface area contributed by atoms with Gasteiger partial charge in [-0.05, 0) is 58.4 Å². The molecule has 0 saturated heterocycles. The highest BCUT2D eigenvalue weighted by atomic mass is 35.5. The van der Waals surface area contributed by atoms with E-state index in [0.717, 1.165) is 0 Å². The van der Waals surface area contributed by atoms with E-state index in [4.69, 9.17) is 0 Å².